The van der Waals surface area contributed by atoms with Crippen molar-refractivity contribution in [2.45, 2.75) is 5.92 Å². The van der Waals surface area contributed by atoms with E-state index in [9.17, 15) is 0 Å². The maximum atomic E-state index is 6.58. The molecule has 0 fully saturated rings. The number of ether oxygens (including phenoxy) is 3. The maximum Gasteiger partial charge on any atom is 0.205 e. The predicted molar refractivity (Wildman–Crippen MR) is 155 cm³/mol. The Morgan fingerprint density at radius 3 is 2.16 bits per heavy atom. The standard InChI is InChI=1S/C27H21N2O4PS3/c1-30-16-9-7-15(8-10-16)21-22-24(19-5-3-4-6-20(19)32-27(22)36)33-25-23(21)26(35)29-34(37,28-25)18-13-11-17(31-2)12-14-18/h3-14,21H,1-2H3,(H2,28,29,35,37). The van der Waals surface area contributed by atoms with Crippen LogP contribution in [-0.2, 0) is 11.8 Å². The van der Waals surface area contributed by atoms with Gasteiger partial charge in [0.25, 0.3) is 0 Å². The Kier molecular flexibility index (Phi) is 6.04. The number of hydrogen-bond donors (Lipinski definition) is 2. The highest BCUT2D eigenvalue weighted by molar-refractivity contribution is 8.17. The molecule has 3 heterocycles. The van der Waals surface area contributed by atoms with Gasteiger partial charge in [0.05, 0.1) is 36.7 Å². The van der Waals surface area contributed by atoms with Crippen molar-refractivity contribution in [1.29, 1.82) is 0 Å². The van der Waals surface area contributed by atoms with E-state index in [-0.39, 0.29) is 5.92 Å². The first-order chi connectivity index (χ1) is 17.9. The number of methoxy groups -OCH3 is 2. The van der Waals surface area contributed by atoms with Crippen LogP contribution in [0.25, 0.3) is 11.0 Å². The Balaban J connectivity index is 1.56. The topological polar surface area (TPSA) is 64.9 Å². The predicted octanol–water partition coefficient (Wildman–Crippen LogP) is 6.07. The lowest BCUT2D eigenvalue weighted by Crippen LogP contribution is -2.43. The van der Waals surface area contributed by atoms with Crippen LogP contribution in [-0.4, -0.2) is 19.2 Å². The number of fused-ring (bicyclic) bond motifs is 3. The van der Waals surface area contributed by atoms with Crippen molar-refractivity contribution in [3.8, 4) is 17.2 Å². The Bertz CT molecular complexity index is 1700. The van der Waals surface area contributed by atoms with Gasteiger partial charge in [-0.05, 0) is 78.1 Å². The summed E-state index contributed by atoms with van der Waals surface area (Å²) in [4.78, 5) is 0.516. The summed E-state index contributed by atoms with van der Waals surface area (Å²) >= 11 is 17.9. The molecule has 6 nitrogen and oxygen atoms in total. The maximum absolute atomic E-state index is 6.58. The van der Waals surface area contributed by atoms with E-state index in [1.807, 2.05) is 72.8 Å². The minimum atomic E-state index is -2.57. The molecule has 4 aromatic rings. The molecule has 2 aliphatic heterocycles. The Hall–Kier alpha value is -3.23. The summed E-state index contributed by atoms with van der Waals surface area (Å²) in [5.74, 6) is 2.34. The molecule has 0 aliphatic carbocycles. The summed E-state index contributed by atoms with van der Waals surface area (Å²) < 4.78 is 23.7. The zero-order valence-corrected chi connectivity index (χ0v) is 23.2. The highest BCUT2D eigenvalue weighted by atomic mass is 32.4. The van der Waals surface area contributed by atoms with Crippen molar-refractivity contribution < 1.29 is 18.6 Å². The van der Waals surface area contributed by atoms with E-state index >= 15 is 0 Å². The number of para-hydroxylation sites is 1. The molecule has 0 saturated heterocycles. The van der Waals surface area contributed by atoms with E-state index in [4.69, 9.17) is 54.9 Å². The molecule has 0 bridgehead atoms. The van der Waals surface area contributed by atoms with Gasteiger partial charge in [-0.2, -0.15) is 0 Å². The SMILES string of the molecule is COc1ccc(C2C3=C(NP(=S)(c4ccc(OC)cc4)NC3=S)Oc3c2c(=S)oc2ccccc32)cc1. The molecule has 2 N–H and O–H groups in total. The number of thiocarbonyl (C=S) groups is 1. The third-order valence-electron chi connectivity index (χ3n) is 6.47. The Morgan fingerprint density at radius 2 is 1.49 bits per heavy atom. The van der Waals surface area contributed by atoms with Gasteiger partial charge in [0.1, 0.15) is 27.8 Å². The smallest absolute Gasteiger partial charge is 0.205 e. The highest BCUT2D eigenvalue weighted by Crippen LogP contribution is 2.52. The molecular weight excluding hydrogens is 543 g/mol. The van der Waals surface area contributed by atoms with E-state index in [1.54, 1.807) is 14.2 Å². The zero-order chi connectivity index (χ0) is 25.7. The Labute approximate surface area is 229 Å². The molecule has 1 aromatic heterocycles. The second-order valence-corrected chi connectivity index (χ2v) is 13.1. The summed E-state index contributed by atoms with van der Waals surface area (Å²) in [6, 6.07) is 23.2. The summed E-state index contributed by atoms with van der Waals surface area (Å²) in [6.45, 7) is 0. The minimum Gasteiger partial charge on any atom is -0.497 e. The molecule has 2 unspecified atom stereocenters. The first kappa shape index (κ1) is 24.1. The molecule has 37 heavy (non-hydrogen) atoms. The van der Waals surface area contributed by atoms with Crippen LogP contribution in [0, 0.1) is 4.71 Å². The second-order valence-electron chi connectivity index (χ2n) is 8.54. The van der Waals surface area contributed by atoms with Crippen molar-refractivity contribution in [2.24, 2.45) is 0 Å². The third kappa shape index (κ3) is 4.03. The van der Waals surface area contributed by atoms with Crippen molar-refractivity contribution in [1.82, 2.24) is 10.2 Å². The molecule has 10 heteroatoms. The number of hydrogen-bond acceptors (Lipinski definition) is 7. The van der Waals surface area contributed by atoms with Crippen LogP contribution < -0.4 is 29.7 Å². The van der Waals surface area contributed by atoms with Gasteiger partial charge >= 0.3 is 0 Å². The molecule has 0 radical (unpaired) electrons. The molecule has 0 saturated carbocycles. The van der Waals surface area contributed by atoms with Gasteiger partial charge in [0.2, 0.25) is 5.88 Å². The molecule has 6 rings (SSSR count). The summed E-state index contributed by atoms with van der Waals surface area (Å²) in [7, 11) is 3.27. The average Bonchev–Trinajstić information content (AvgIpc) is 2.92. The van der Waals surface area contributed by atoms with Gasteiger partial charge in [-0.1, -0.05) is 36.5 Å². The molecular formula is C27H21N2O4PS3. The second kappa shape index (κ2) is 9.26. The fraction of sp³-hybridized carbons (Fsp3) is 0.111. The lowest BCUT2D eigenvalue weighted by Gasteiger charge is -2.39. The van der Waals surface area contributed by atoms with E-state index in [0.29, 0.717) is 26.9 Å². The lowest BCUT2D eigenvalue weighted by atomic mass is 9.83. The van der Waals surface area contributed by atoms with E-state index in [0.717, 1.165) is 38.9 Å². The van der Waals surface area contributed by atoms with Gasteiger partial charge in [0.15, 0.2) is 11.0 Å². The van der Waals surface area contributed by atoms with Crippen LogP contribution in [0.15, 0.2) is 88.7 Å². The van der Waals surface area contributed by atoms with E-state index < -0.39 is 6.34 Å². The van der Waals surface area contributed by atoms with Crippen molar-refractivity contribution in [3.05, 3.63) is 100 Å². The van der Waals surface area contributed by atoms with Crippen molar-refractivity contribution >= 4 is 63.8 Å². The van der Waals surface area contributed by atoms with Crippen molar-refractivity contribution in [3.63, 3.8) is 0 Å². The fourth-order valence-electron chi connectivity index (χ4n) is 4.67. The Morgan fingerprint density at radius 1 is 0.838 bits per heavy atom. The first-order valence-electron chi connectivity index (χ1n) is 11.4. The van der Waals surface area contributed by atoms with Crippen LogP contribution in [0.3, 0.4) is 0 Å². The van der Waals surface area contributed by atoms with Gasteiger partial charge < -0.3 is 28.8 Å². The molecule has 3 aromatic carbocycles. The van der Waals surface area contributed by atoms with Gasteiger partial charge in [-0.15, -0.1) is 0 Å². The lowest BCUT2D eigenvalue weighted by molar-refractivity contribution is 0.379. The van der Waals surface area contributed by atoms with Crippen LogP contribution in [0.1, 0.15) is 17.0 Å². The van der Waals surface area contributed by atoms with Crippen molar-refractivity contribution in [2.75, 3.05) is 14.2 Å². The fourth-order valence-corrected chi connectivity index (χ4v) is 8.39. The molecule has 2 aliphatic rings. The minimum absolute atomic E-state index is 0.336. The number of benzene rings is 3. The van der Waals surface area contributed by atoms with Crippen LogP contribution >= 0.6 is 30.8 Å². The summed E-state index contributed by atoms with van der Waals surface area (Å²) in [5, 5.41) is 8.68. The largest absolute Gasteiger partial charge is 0.497 e. The number of rotatable bonds is 4. The van der Waals surface area contributed by atoms with Crippen LogP contribution in [0.4, 0.5) is 0 Å². The summed E-state index contributed by atoms with van der Waals surface area (Å²) in [6.07, 6.45) is -2.57. The van der Waals surface area contributed by atoms with Crippen LogP contribution in [0.2, 0.25) is 0 Å². The quantitative estimate of drug-likeness (QED) is 0.227. The normalized spacial score (nSPS) is 20.3. The zero-order valence-electron chi connectivity index (χ0n) is 19.8. The van der Waals surface area contributed by atoms with E-state index in [1.165, 1.54) is 0 Å². The summed E-state index contributed by atoms with van der Waals surface area (Å²) in [5.41, 5.74) is 3.14. The van der Waals surface area contributed by atoms with Gasteiger partial charge in [-0.3, -0.25) is 0 Å². The first-order valence-corrected chi connectivity index (χ1v) is 15.0. The molecule has 2 atom stereocenters. The molecule has 186 valence electrons. The van der Waals surface area contributed by atoms with E-state index in [2.05, 4.69) is 10.2 Å². The number of nitrogens with one attached hydrogen (secondary N) is 2. The highest BCUT2D eigenvalue weighted by Gasteiger charge is 2.42. The molecule has 0 spiro atoms. The van der Waals surface area contributed by atoms with Gasteiger partial charge in [0, 0.05) is 5.30 Å². The molecule has 0 amide bonds. The third-order valence-corrected chi connectivity index (χ3v) is 10.5. The average molecular weight is 565 g/mol. The van der Waals surface area contributed by atoms with Crippen LogP contribution in [0.5, 0.6) is 17.2 Å². The monoisotopic (exact) mass is 564 g/mol. The van der Waals surface area contributed by atoms with Gasteiger partial charge in [-0.25, -0.2) is 0 Å².